The molecule has 0 saturated carbocycles. The van der Waals surface area contributed by atoms with Crippen LogP contribution < -0.4 is 5.32 Å². The number of nitrogens with one attached hydrogen (secondary N) is 1. The van der Waals surface area contributed by atoms with Gasteiger partial charge in [0.15, 0.2) is 0 Å². The fourth-order valence-corrected chi connectivity index (χ4v) is 2.25. The molecule has 1 N–H and O–H groups in total. The van der Waals surface area contributed by atoms with Crippen molar-refractivity contribution in [1.29, 1.82) is 0 Å². The van der Waals surface area contributed by atoms with E-state index in [-0.39, 0.29) is 5.91 Å². The number of aryl methyl sites for hydroxylation is 1. The maximum Gasteiger partial charge on any atom is 0.251 e. The number of halogens is 2. The molecule has 0 aromatic heterocycles. The quantitative estimate of drug-likeness (QED) is 0.886. The molecule has 0 spiro atoms. The summed E-state index contributed by atoms with van der Waals surface area (Å²) in [6.45, 7) is 2.37. The zero-order valence-electron chi connectivity index (χ0n) is 10.4. The topological polar surface area (TPSA) is 29.1 Å². The highest BCUT2D eigenvalue weighted by atomic mass is 79.9. The number of rotatable bonds is 3. The van der Waals surface area contributed by atoms with Crippen molar-refractivity contribution in [2.24, 2.45) is 0 Å². The van der Waals surface area contributed by atoms with Crippen molar-refractivity contribution in [3.63, 3.8) is 0 Å². The first-order chi connectivity index (χ1) is 9.08. The van der Waals surface area contributed by atoms with Crippen molar-refractivity contribution in [2.45, 2.75) is 13.5 Å². The molecule has 4 heteroatoms. The Balaban J connectivity index is 2.05. The highest BCUT2D eigenvalue weighted by molar-refractivity contribution is 9.10. The molecule has 1 amide bonds. The summed E-state index contributed by atoms with van der Waals surface area (Å²) in [4.78, 5) is 12.0. The highest BCUT2D eigenvalue weighted by Gasteiger charge is 2.07. The van der Waals surface area contributed by atoms with Gasteiger partial charge in [-0.15, -0.1) is 0 Å². The molecule has 0 heterocycles. The summed E-state index contributed by atoms with van der Waals surface area (Å²) in [5.74, 6) is -0.101. The maximum absolute atomic E-state index is 12.0. The van der Waals surface area contributed by atoms with Gasteiger partial charge >= 0.3 is 0 Å². The first-order valence-electron chi connectivity index (χ1n) is 5.85. The second-order valence-corrected chi connectivity index (χ2v) is 5.50. The Morgan fingerprint density at radius 2 is 2.00 bits per heavy atom. The normalized spacial score (nSPS) is 10.3. The van der Waals surface area contributed by atoms with Gasteiger partial charge < -0.3 is 5.32 Å². The van der Waals surface area contributed by atoms with Gasteiger partial charge in [0, 0.05) is 21.6 Å². The van der Waals surface area contributed by atoms with Crippen molar-refractivity contribution >= 4 is 33.4 Å². The predicted molar refractivity (Wildman–Crippen MR) is 81.5 cm³/mol. The fraction of sp³-hybridized carbons (Fsp3) is 0.133. The standard InChI is InChI=1S/C15H13BrClNO/c1-10-8-11(6-7-14(10)17)15(19)18-9-12-4-2-3-5-13(12)16/h2-8H,9H2,1H3,(H,18,19). The Labute approximate surface area is 125 Å². The average Bonchev–Trinajstić information content (AvgIpc) is 2.40. The molecule has 0 fully saturated rings. The van der Waals surface area contributed by atoms with E-state index in [4.69, 9.17) is 11.6 Å². The van der Waals surface area contributed by atoms with Crippen LogP contribution >= 0.6 is 27.5 Å². The van der Waals surface area contributed by atoms with Crippen LogP contribution in [-0.4, -0.2) is 5.91 Å². The molecule has 0 radical (unpaired) electrons. The summed E-state index contributed by atoms with van der Waals surface area (Å²) in [6, 6.07) is 13.1. The fourth-order valence-electron chi connectivity index (χ4n) is 1.71. The van der Waals surface area contributed by atoms with E-state index in [0.29, 0.717) is 17.1 Å². The summed E-state index contributed by atoms with van der Waals surface area (Å²) in [6.07, 6.45) is 0. The summed E-state index contributed by atoms with van der Waals surface area (Å²) < 4.78 is 0.989. The molecule has 2 nitrogen and oxygen atoms in total. The SMILES string of the molecule is Cc1cc(C(=O)NCc2ccccc2Br)ccc1Cl. The summed E-state index contributed by atoms with van der Waals surface area (Å²) in [5, 5.41) is 3.56. The van der Waals surface area contributed by atoms with E-state index in [9.17, 15) is 4.79 Å². The minimum atomic E-state index is -0.101. The molecule has 0 bridgehead atoms. The predicted octanol–water partition coefficient (Wildman–Crippen LogP) is 4.34. The Morgan fingerprint density at radius 3 is 2.68 bits per heavy atom. The van der Waals surface area contributed by atoms with Crippen LogP contribution in [0, 0.1) is 6.92 Å². The van der Waals surface area contributed by atoms with Crippen molar-refractivity contribution in [1.82, 2.24) is 5.32 Å². The van der Waals surface area contributed by atoms with E-state index in [0.717, 1.165) is 15.6 Å². The molecule has 2 aromatic rings. The zero-order valence-corrected chi connectivity index (χ0v) is 12.8. The minimum absolute atomic E-state index is 0.101. The third-order valence-corrected chi connectivity index (χ3v) is 4.02. The first kappa shape index (κ1) is 14.1. The largest absolute Gasteiger partial charge is 0.348 e. The van der Waals surface area contributed by atoms with Gasteiger partial charge in [0.1, 0.15) is 0 Å². The van der Waals surface area contributed by atoms with Gasteiger partial charge in [-0.05, 0) is 42.3 Å². The van der Waals surface area contributed by atoms with Crippen LogP contribution in [0.25, 0.3) is 0 Å². The van der Waals surface area contributed by atoms with Crippen LogP contribution in [0.15, 0.2) is 46.9 Å². The number of benzene rings is 2. The second-order valence-electron chi connectivity index (χ2n) is 4.24. The maximum atomic E-state index is 12.0. The number of carbonyl (C=O) groups is 1. The number of hydrogen-bond donors (Lipinski definition) is 1. The monoisotopic (exact) mass is 337 g/mol. The van der Waals surface area contributed by atoms with E-state index in [2.05, 4.69) is 21.2 Å². The van der Waals surface area contributed by atoms with Gasteiger partial charge in [0.05, 0.1) is 0 Å². The highest BCUT2D eigenvalue weighted by Crippen LogP contribution is 2.17. The zero-order chi connectivity index (χ0) is 13.8. The molecule has 2 aromatic carbocycles. The summed E-state index contributed by atoms with van der Waals surface area (Å²) in [7, 11) is 0. The van der Waals surface area contributed by atoms with Gasteiger partial charge in [-0.3, -0.25) is 4.79 Å². The molecule has 0 saturated heterocycles. The van der Waals surface area contributed by atoms with E-state index in [1.807, 2.05) is 31.2 Å². The first-order valence-corrected chi connectivity index (χ1v) is 7.03. The smallest absolute Gasteiger partial charge is 0.251 e. The van der Waals surface area contributed by atoms with Crippen molar-refractivity contribution in [3.8, 4) is 0 Å². The Hall–Kier alpha value is -1.32. The average molecular weight is 339 g/mol. The van der Waals surface area contributed by atoms with Crippen molar-refractivity contribution in [2.75, 3.05) is 0 Å². The number of carbonyl (C=O) groups excluding carboxylic acids is 1. The van der Waals surface area contributed by atoms with Crippen LogP contribution in [0.1, 0.15) is 21.5 Å². The molecular formula is C15H13BrClNO. The molecule has 0 aliphatic heterocycles. The molecule has 19 heavy (non-hydrogen) atoms. The Bertz CT molecular complexity index is 613. The lowest BCUT2D eigenvalue weighted by Gasteiger charge is -2.08. The van der Waals surface area contributed by atoms with Crippen molar-refractivity contribution in [3.05, 3.63) is 68.7 Å². The van der Waals surface area contributed by atoms with Gasteiger partial charge in [0.25, 0.3) is 5.91 Å². The molecule has 0 aliphatic rings. The van der Waals surface area contributed by atoms with Crippen LogP contribution in [0.4, 0.5) is 0 Å². The third-order valence-electron chi connectivity index (χ3n) is 2.82. The lowest BCUT2D eigenvalue weighted by atomic mass is 10.1. The summed E-state index contributed by atoms with van der Waals surface area (Å²) in [5.41, 5.74) is 2.56. The third kappa shape index (κ3) is 3.58. The molecule has 0 aliphatic carbocycles. The van der Waals surface area contributed by atoms with Crippen LogP contribution in [0.3, 0.4) is 0 Å². The van der Waals surface area contributed by atoms with Gasteiger partial charge in [0.2, 0.25) is 0 Å². The van der Waals surface area contributed by atoms with E-state index in [1.54, 1.807) is 18.2 Å². The van der Waals surface area contributed by atoms with Gasteiger partial charge in [-0.25, -0.2) is 0 Å². The Morgan fingerprint density at radius 1 is 1.26 bits per heavy atom. The molecule has 0 unspecified atom stereocenters. The second kappa shape index (κ2) is 6.22. The van der Waals surface area contributed by atoms with E-state index < -0.39 is 0 Å². The van der Waals surface area contributed by atoms with Crippen LogP contribution in [0.5, 0.6) is 0 Å². The number of amides is 1. The van der Waals surface area contributed by atoms with Crippen molar-refractivity contribution < 1.29 is 4.79 Å². The van der Waals surface area contributed by atoms with Crippen LogP contribution in [-0.2, 0) is 6.54 Å². The van der Waals surface area contributed by atoms with E-state index in [1.165, 1.54) is 0 Å². The van der Waals surface area contributed by atoms with Gasteiger partial charge in [-0.1, -0.05) is 45.7 Å². The molecular weight excluding hydrogens is 326 g/mol. The molecule has 0 atom stereocenters. The van der Waals surface area contributed by atoms with Crippen LogP contribution in [0.2, 0.25) is 5.02 Å². The lowest BCUT2D eigenvalue weighted by Crippen LogP contribution is -2.23. The lowest BCUT2D eigenvalue weighted by molar-refractivity contribution is 0.0951. The molecule has 2 rings (SSSR count). The number of hydrogen-bond acceptors (Lipinski definition) is 1. The molecule has 98 valence electrons. The minimum Gasteiger partial charge on any atom is -0.348 e. The Kier molecular flexibility index (Phi) is 4.61. The van der Waals surface area contributed by atoms with Gasteiger partial charge in [-0.2, -0.15) is 0 Å². The van der Waals surface area contributed by atoms with E-state index >= 15 is 0 Å². The summed E-state index contributed by atoms with van der Waals surface area (Å²) >= 11 is 9.40.